The summed E-state index contributed by atoms with van der Waals surface area (Å²) < 4.78 is 11.3. The van der Waals surface area contributed by atoms with Gasteiger partial charge in [-0.25, -0.2) is 4.98 Å². The minimum absolute atomic E-state index is 0.184. The highest BCUT2D eigenvalue weighted by Crippen LogP contribution is 2.37. The molecule has 0 saturated heterocycles. The Kier molecular flexibility index (Phi) is 3.81. The maximum absolute atomic E-state index is 6.09. The molecule has 1 atom stereocenters. The fourth-order valence-corrected chi connectivity index (χ4v) is 2.57. The van der Waals surface area contributed by atoms with Crippen molar-refractivity contribution in [3.8, 4) is 11.5 Å². The Hall–Kier alpha value is -1.68. The van der Waals surface area contributed by atoms with Gasteiger partial charge in [0.1, 0.15) is 19.0 Å². The van der Waals surface area contributed by atoms with E-state index in [0.717, 1.165) is 34.5 Å². The molecule has 112 valence electrons. The third kappa shape index (κ3) is 2.72. The number of hydrogen-bond donors (Lipinski definition) is 1. The van der Waals surface area contributed by atoms with Crippen molar-refractivity contribution in [2.75, 3.05) is 24.4 Å². The third-order valence-electron chi connectivity index (χ3n) is 3.92. The van der Waals surface area contributed by atoms with Crippen LogP contribution in [0.3, 0.4) is 0 Å². The van der Waals surface area contributed by atoms with Crippen LogP contribution >= 0.6 is 11.6 Å². The molecule has 0 spiro atoms. The number of nitrogens with zero attached hydrogens (tertiary/aromatic N) is 1. The van der Waals surface area contributed by atoms with Crippen molar-refractivity contribution >= 4 is 28.2 Å². The highest BCUT2D eigenvalue weighted by Gasteiger charge is 2.22. The zero-order valence-electron chi connectivity index (χ0n) is 12.3. The van der Waals surface area contributed by atoms with Crippen LogP contribution in [-0.4, -0.2) is 29.6 Å². The number of alkyl halides is 1. The number of hydrogen-bond acceptors (Lipinski definition) is 4. The maximum atomic E-state index is 6.09. The van der Waals surface area contributed by atoms with Crippen LogP contribution in [0.1, 0.15) is 20.3 Å². The van der Waals surface area contributed by atoms with Crippen molar-refractivity contribution in [1.29, 1.82) is 0 Å². The number of ether oxygens (including phenoxy) is 2. The lowest BCUT2D eigenvalue weighted by atomic mass is 10.0. The molecular formula is C16H19ClN2O2. The van der Waals surface area contributed by atoms with Gasteiger partial charge >= 0.3 is 0 Å². The molecule has 1 unspecified atom stereocenters. The SMILES string of the molecule is CCC(C)(CCl)Nc1nccc2cc3c(cc12)OCCO3. The zero-order chi connectivity index (χ0) is 14.9. The van der Waals surface area contributed by atoms with Gasteiger partial charge in [0.15, 0.2) is 11.5 Å². The largest absolute Gasteiger partial charge is 0.486 e. The average Bonchev–Trinajstić information content (AvgIpc) is 2.53. The Morgan fingerprint density at radius 2 is 2.00 bits per heavy atom. The Bertz CT molecular complexity index is 656. The minimum atomic E-state index is -0.184. The molecule has 0 fully saturated rings. The number of pyridine rings is 1. The van der Waals surface area contributed by atoms with Crippen LogP contribution in [0.2, 0.25) is 0 Å². The lowest BCUT2D eigenvalue weighted by molar-refractivity contribution is 0.172. The molecule has 0 bridgehead atoms. The lowest BCUT2D eigenvalue weighted by Gasteiger charge is -2.28. The van der Waals surface area contributed by atoms with E-state index in [2.05, 4.69) is 24.1 Å². The maximum Gasteiger partial charge on any atom is 0.162 e. The van der Waals surface area contributed by atoms with Gasteiger partial charge in [-0.15, -0.1) is 11.6 Å². The average molecular weight is 307 g/mol. The van der Waals surface area contributed by atoms with Gasteiger partial charge in [0, 0.05) is 23.0 Å². The van der Waals surface area contributed by atoms with E-state index in [1.165, 1.54) is 0 Å². The van der Waals surface area contributed by atoms with Gasteiger partial charge in [0.2, 0.25) is 0 Å². The molecule has 4 nitrogen and oxygen atoms in total. The van der Waals surface area contributed by atoms with Crippen molar-refractivity contribution in [1.82, 2.24) is 4.98 Å². The molecule has 0 aliphatic carbocycles. The van der Waals surface area contributed by atoms with E-state index in [4.69, 9.17) is 21.1 Å². The molecule has 1 aromatic heterocycles. The molecule has 0 saturated carbocycles. The fraction of sp³-hybridized carbons (Fsp3) is 0.438. The summed E-state index contributed by atoms with van der Waals surface area (Å²) in [7, 11) is 0. The molecule has 5 heteroatoms. The molecule has 0 radical (unpaired) electrons. The molecule has 2 heterocycles. The molecule has 1 N–H and O–H groups in total. The van der Waals surface area contributed by atoms with E-state index in [-0.39, 0.29) is 5.54 Å². The van der Waals surface area contributed by atoms with Crippen LogP contribution in [0, 0.1) is 0 Å². The second kappa shape index (κ2) is 5.60. The Labute approximate surface area is 129 Å². The van der Waals surface area contributed by atoms with E-state index < -0.39 is 0 Å². The summed E-state index contributed by atoms with van der Waals surface area (Å²) in [5, 5.41) is 5.56. The van der Waals surface area contributed by atoms with E-state index in [9.17, 15) is 0 Å². The Balaban J connectivity index is 2.07. The fourth-order valence-electron chi connectivity index (χ4n) is 2.31. The van der Waals surface area contributed by atoms with Crippen molar-refractivity contribution in [3.05, 3.63) is 24.4 Å². The summed E-state index contributed by atoms with van der Waals surface area (Å²) in [4.78, 5) is 4.47. The van der Waals surface area contributed by atoms with Gasteiger partial charge in [0.25, 0.3) is 0 Å². The highest BCUT2D eigenvalue weighted by molar-refractivity contribution is 6.18. The summed E-state index contributed by atoms with van der Waals surface area (Å²) >= 11 is 6.09. The number of fused-ring (bicyclic) bond motifs is 2. The van der Waals surface area contributed by atoms with Crippen molar-refractivity contribution < 1.29 is 9.47 Å². The normalized spacial score (nSPS) is 16.5. The van der Waals surface area contributed by atoms with Crippen LogP contribution in [-0.2, 0) is 0 Å². The molecule has 1 aliphatic rings. The first-order valence-corrected chi connectivity index (χ1v) is 7.71. The summed E-state index contributed by atoms with van der Waals surface area (Å²) in [6, 6.07) is 5.97. The van der Waals surface area contributed by atoms with Crippen LogP contribution in [0.5, 0.6) is 11.5 Å². The molecule has 1 aromatic carbocycles. The van der Waals surface area contributed by atoms with Crippen LogP contribution in [0.25, 0.3) is 10.8 Å². The number of rotatable bonds is 4. The standard InChI is InChI=1S/C16H19ClN2O2/c1-3-16(2,10-17)19-15-12-9-14-13(20-6-7-21-14)8-11(12)4-5-18-15/h4-5,8-9H,3,6-7,10H2,1-2H3,(H,18,19). The number of aromatic nitrogens is 1. The van der Waals surface area contributed by atoms with Gasteiger partial charge in [0.05, 0.1) is 0 Å². The predicted octanol–water partition coefficient (Wildman–Crippen LogP) is 3.83. The van der Waals surface area contributed by atoms with Gasteiger partial charge in [-0.1, -0.05) is 6.92 Å². The quantitative estimate of drug-likeness (QED) is 0.872. The zero-order valence-corrected chi connectivity index (χ0v) is 13.0. The summed E-state index contributed by atoms with van der Waals surface area (Å²) in [6.07, 6.45) is 2.71. The first-order chi connectivity index (χ1) is 10.1. The Morgan fingerprint density at radius 1 is 1.29 bits per heavy atom. The van der Waals surface area contributed by atoms with Gasteiger partial charge < -0.3 is 14.8 Å². The molecule has 21 heavy (non-hydrogen) atoms. The molecule has 0 amide bonds. The third-order valence-corrected chi connectivity index (χ3v) is 4.51. The van der Waals surface area contributed by atoms with E-state index in [1.54, 1.807) is 6.20 Å². The van der Waals surface area contributed by atoms with Gasteiger partial charge in [-0.3, -0.25) is 0 Å². The predicted molar refractivity (Wildman–Crippen MR) is 85.8 cm³/mol. The van der Waals surface area contributed by atoms with Gasteiger partial charge in [-0.05, 0) is 36.9 Å². The summed E-state index contributed by atoms with van der Waals surface area (Å²) in [5.74, 6) is 2.91. The van der Waals surface area contributed by atoms with Crippen molar-refractivity contribution in [3.63, 3.8) is 0 Å². The number of halogens is 1. The number of benzene rings is 1. The first-order valence-electron chi connectivity index (χ1n) is 7.18. The molecule has 1 aliphatic heterocycles. The summed E-state index contributed by atoms with van der Waals surface area (Å²) in [6.45, 7) is 5.38. The monoisotopic (exact) mass is 306 g/mol. The second-order valence-corrected chi connectivity index (χ2v) is 5.82. The van der Waals surface area contributed by atoms with E-state index >= 15 is 0 Å². The molecular weight excluding hydrogens is 288 g/mol. The van der Waals surface area contributed by atoms with Crippen molar-refractivity contribution in [2.24, 2.45) is 0 Å². The second-order valence-electron chi connectivity index (χ2n) is 5.55. The first kappa shape index (κ1) is 14.3. The van der Waals surface area contributed by atoms with Crippen LogP contribution in [0.4, 0.5) is 5.82 Å². The number of nitrogens with one attached hydrogen (secondary N) is 1. The molecule has 3 rings (SSSR count). The molecule has 2 aromatic rings. The van der Waals surface area contributed by atoms with Crippen molar-refractivity contribution in [2.45, 2.75) is 25.8 Å². The smallest absolute Gasteiger partial charge is 0.162 e. The lowest BCUT2D eigenvalue weighted by Crippen LogP contribution is -2.36. The Morgan fingerprint density at radius 3 is 2.67 bits per heavy atom. The van der Waals surface area contributed by atoms with E-state index in [1.807, 2.05) is 18.2 Å². The van der Waals surface area contributed by atoms with E-state index in [0.29, 0.717) is 19.1 Å². The number of anilines is 1. The summed E-state index contributed by atoms with van der Waals surface area (Å²) in [5.41, 5.74) is -0.184. The highest BCUT2D eigenvalue weighted by atomic mass is 35.5. The van der Waals surface area contributed by atoms with Crippen LogP contribution < -0.4 is 14.8 Å². The topological polar surface area (TPSA) is 43.4 Å². The van der Waals surface area contributed by atoms with Gasteiger partial charge in [-0.2, -0.15) is 0 Å². The van der Waals surface area contributed by atoms with Crippen LogP contribution in [0.15, 0.2) is 24.4 Å². The minimum Gasteiger partial charge on any atom is -0.486 e.